The maximum atomic E-state index is 12.3. The number of halogens is 3. The standard InChI is InChI=1S/C16H20F3NO3/c1-12-2-3-14(23-12)4-5-15(21)22-10-13-6-8-20(9-7-13)11-16(17,18)19/h2-5,13H,6-11H2,1H3. The number of ether oxygens (including phenoxy) is 1. The number of hydrogen-bond donors (Lipinski definition) is 0. The highest BCUT2D eigenvalue weighted by Crippen LogP contribution is 2.22. The summed E-state index contributed by atoms with van der Waals surface area (Å²) in [7, 11) is 0. The van der Waals surface area contributed by atoms with Crippen LogP contribution in [0.25, 0.3) is 6.08 Å². The Labute approximate surface area is 132 Å². The van der Waals surface area contributed by atoms with Gasteiger partial charge in [0.05, 0.1) is 13.2 Å². The minimum absolute atomic E-state index is 0.114. The first-order valence-corrected chi connectivity index (χ1v) is 7.52. The van der Waals surface area contributed by atoms with Crippen molar-refractivity contribution in [3.63, 3.8) is 0 Å². The van der Waals surface area contributed by atoms with E-state index in [2.05, 4.69) is 0 Å². The molecule has 0 spiro atoms. The molecular weight excluding hydrogens is 311 g/mol. The van der Waals surface area contributed by atoms with Crippen molar-refractivity contribution in [2.75, 3.05) is 26.2 Å². The molecule has 7 heteroatoms. The average Bonchev–Trinajstić information content (AvgIpc) is 2.88. The Bertz CT molecular complexity index is 543. The van der Waals surface area contributed by atoms with E-state index in [1.165, 1.54) is 17.1 Å². The second kappa shape index (κ2) is 7.68. The summed E-state index contributed by atoms with van der Waals surface area (Å²) in [6.07, 6.45) is -0.137. The summed E-state index contributed by atoms with van der Waals surface area (Å²) in [6, 6.07) is 3.54. The summed E-state index contributed by atoms with van der Waals surface area (Å²) in [5.74, 6) is 0.961. The Balaban J connectivity index is 1.67. The summed E-state index contributed by atoms with van der Waals surface area (Å²) in [6.45, 7) is 1.93. The number of aryl methyl sites for hydroxylation is 1. The van der Waals surface area contributed by atoms with Crippen molar-refractivity contribution in [2.24, 2.45) is 5.92 Å². The first-order valence-electron chi connectivity index (χ1n) is 7.52. The van der Waals surface area contributed by atoms with Crippen LogP contribution in [-0.2, 0) is 9.53 Å². The van der Waals surface area contributed by atoms with Crippen LogP contribution in [-0.4, -0.2) is 43.3 Å². The summed E-state index contributed by atoms with van der Waals surface area (Å²) in [4.78, 5) is 13.0. The van der Waals surface area contributed by atoms with Crippen molar-refractivity contribution in [3.05, 3.63) is 29.7 Å². The van der Waals surface area contributed by atoms with E-state index in [0.717, 1.165) is 5.76 Å². The maximum absolute atomic E-state index is 12.3. The van der Waals surface area contributed by atoms with E-state index in [9.17, 15) is 18.0 Å². The molecule has 1 aliphatic rings. The third-order valence-electron chi connectivity index (χ3n) is 3.72. The summed E-state index contributed by atoms with van der Waals surface area (Å²) >= 11 is 0. The Hall–Kier alpha value is -1.76. The van der Waals surface area contributed by atoms with Gasteiger partial charge in [-0.05, 0) is 57.0 Å². The molecule has 1 aliphatic heterocycles. The highest BCUT2D eigenvalue weighted by molar-refractivity contribution is 5.86. The van der Waals surface area contributed by atoms with Crippen LogP contribution >= 0.6 is 0 Å². The van der Waals surface area contributed by atoms with Crippen LogP contribution < -0.4 is 0 Å². The molecule has 4 nitrogen and oxygen atoms in total. The predicted molar refractivity (Wildman–Crippen MR) is 78.7 cm³/mol. The van der Waals surface area contributed by atoms with Gasteiger partial charge in [0.25, 0.3) is 0 Å². The highest BCUT2D eigenvalue weighted by Gasteiger charge is 2.32. The summed E-state index contributed by atoms with van der Waals surface area (Å²) in [5, 5.41) is 0. The van der Waals surface area contributed by atoms with Crippen molar-refractivity contribution in [2.45, 2.75) is 25.9 Å². The average molecular weight is 331 g/mol. The third-order valence-corrected chi connectivity index (χ3v) is 3.72. The molecular formula is C16H20F3NO3. The van der Waals surface area contributed by atoms with Gasteiger partial charge in [0.2, 0.25) is 0 Å². The zero-order valence-electron chi connectivity index (χ0n) is 12.9. The lowest BCUT2D eigenvalue weighted by Crippen LogP contribution is -2.40. The number of piperidine rings is 1. The lowest BCUT2D eigenvalue weighted by atomic mass is 9.98. The quantitative estimate of drug-likeness (QED) is 0.612. The van der Waals surface area contributed by atoms with Crippen molar-refractivity contribution < 1.29 is 27.1 Å². The van der Waals surface area contributed by atoms with Crippen molar-refractivity contribution in [3.8, 4) is 0 Å². The molecule has 0 radical (unpaired) electrons. The fourth-order valence-electron chi connectivity index (χ4n) is 2.51. The van der Waals surface area contributed by atoms with Crippen LogP contribution in [0.4, 0.5) is 13.2 Å². The topological polar surface area (TPSA) is 42.7 Å². The molecule has 0 saturated carbocycles. The van der Waals surface area contributed by atoms with E-state index in [0.29, 0.717) is 31.7 Å². The minimum Gasteiger partial charge on any atom is -0.462 e. The number of nitrogens with zero attached hydrogens (tertiary/aromatic N) is 1. The molecule has 128 valence electrons. The first kappa shape index (κ1) is 17.6. The third kappa shape index (κ3) is 6.48. The SMILES string of the molecule is Cc1ccc(C=CC(=O)OCC2CCN(CC(F)(F)F)CC2)o1. The maximum Gasteiger partial charge on any atom is 0.401 e. The number of rotatable bonds is 5. The molecule has 2 rings (SSSR count). The molecule has 0 aliphatic carbocycles. The molecule has 0 atom stereocenters. The molecule has 0 bridgehead atoms. The van der Waals surface area contributed by atoms with Crippen LogP contribution in [0.1, 0.15) is 24.4 Å². The van der Waals surface area contributed by atoms with E-state index in [-0.39, 0.29) is 12.5 Å². The van der Waals surface area contributed by atoms with Gasteiger partial charge in [-0.2, -0.15) is 13.2 Å². The number of esters is 1. The molecule has 1 aromatic heterocycles. The Morgan fingerprint density at radius 1 is 1.39 bits per heavy atom. The summed E-state index contributed by atoms with van der Waals surface area (Å²) < 4.78 is 47.3. The number of likely N-dealkylation sites (tertiary alicyclic amines) is 1. The summed E-state index contributed by atoms with van der Waals surface area (Å²) in [5.41, 5.74) is 0. The zero-order chi connectivity index (χ0) is 16.9. The molecule has 23 heavy (non-hydrogen) atoms. The highest BCUT2D eigenvalue weighted by atomic mass is 19.4. The molecule has 0 N–H and O–H groups in total. The fraction of sp³-hybridized carbons (Fsp3) is 0.562. The van der Waals surface area contributed by atoms with Gasteiger partial charge in [0, 0.05) is 6.08 Å². The smallest absolute Gasteiger partial charge is 0.401 e. The van der Waals surface area contributed by atoms with E-state index in [1.807, 2.05) is 0 Å². The van der Waals surface area contributed by atoms with Crippen LogP contribution in [0.2, 0.25) is 0 Å². The number of hydrogen-bond acceptors (Lipinski definition) is 4. The van der Waals surface area contributed by atoms with Gasteiger partial charge in [-0.3, -0.25) is 4.90 Å². The molecule has 2 heterocycles. The molecule has 0 amide bonds. The first-order chi connectivity index (χ1) is 10.8. The molecule has 1 aromatic rings. The van der Waals surface area contributed by atoms with Crippen LogP contribution in [0.3, 0.4) is 0 Å². The zero-order valence-corrected chi connectivity index (χ0v) is 12.9. The molecule has 1 saturated heterocycles. The van der Waals surface area contributed by atoms with E-state index in [1.54, 1.807) is 19.1 Å². The number of alkyl halides is 3. The van der Waals surface area contributed by atoms with Crippen molar-refractivity contribution in [1.82, 2.24) is 4.90 Å². The fourth-order valence-corrected chi connectivity index (χ4v) is 2.51. The monoisotopic (exact) mass is 331 g/mol. The van der Waals surface area contributed by atoms with Gasteiger partial charge >= 0.3 is 12.1 Å². The van der Waals surface area contributed by atoms with Gasteiger partial charge in [-0.15, -0.1) is 0 Å². The molecule has 1 fully saturated rings. The van der Waals surface area contributed by atoms with Gasteiger partial charge in [-0.1, -0.05) is 0 Å². The minimum atomic E-state index is -4.16. The van der Waals surface area contributed by atoms with E-state index >= 15 is 0 Å². The van der Waals surface area contributed by atoms with Gasteiger partial charge in [0.15, 0.2) is 0 Å². The van der Waals surface area contributed by atoms with Crippen molar-refractivity contribution >= 4 is 12.0 Å². The number of furan rings is 1. The number of carbonyl (C=O) groups is 1. The van der Waals surface area contributed by atoms with Crippen LogP contribution in [0, 0.1) is 12.8 Å². The van der Waals surface area contributed by atoms with Gasteiger partial charge < -0.3 is 9.15 Å². The Kier molecular flexibility index (Phi) is 5.87. The van der Waals surface area contributed by atoms with Crippen molar-refractivity contribution in [1.29, 1.82) is 0 Å². The van der Waals surface area contributed by atoms with Crippen LogP contribution in [0.5, 0.6) is 0 Å². The normalized spacial score (nSPS) is 17.7. The van der Waals surface area contributed by atoms with Crippen LogP contribution in [0.15, 0.2) is 22.6 Å². The second-order valence-electron chi connectivity index (χ2n) is 5.75. The lowest BCUT2D eigenvalue weighted by molar-refractivity contribution is -0.149. The Morgan fingerprint density at radius 2 is 2.09 bits per heavy atom. The Morgan fingerprint density at radius 3 is 2.65 bits per heavy atom. The lowest BCUT2D eigenvalue weighted by Gasteiger charge is -2.31. The largest absolute Gasteiger partial charge is 0.462 e. The molecule has 0 unspecified atom stereocenters. The van der Waals surface area contributed by atoms with E-state index < -0.39 is 18.7 Å². The number of carbonyl (C=O) groups excluding carboxylic acids is 1. The van der Waals surface area contributed by atoms with E-state index in [4.69, 9.17) is 9.15 Å². The second-order valence-corrected chi connectivity index (χ2v) is 5.75. The predicted octanol–water partition coefficient (Wildman–Crippen LogP) is 3.42. The molecule has 0 aromatic carbocycles. The van der Waals surface area contributed by atoms with Gasteiger partial charge in [0.1, 0.15) is 11.5 Å². The van der Waals surface area contributed by atoms with Gasteiger partial charge in [-0.25, -0.2) is 4.79 Å².